The van der Waals surface area contributed by atoms with Crippen molar-refractivity contribution in [1.29, 1.82) is 0 Å². The van der Waals surface area contributed by atoms with Crippen molar-refractivity contribution in [3.63, 3.8) is 0 Å². The molecule has 0 spiro atoms. The zero-order valence-corrected chi connectivity index (χ0v) is 12.5. The summed E-state index contributed by atoms with van der Waals surface area (Å²) in [6, 6.07) is 9.66. The third kappa shape index (κ3) is 3.61. The van der Waals surface area contributed by atoms with Crippen LogP contribution in [-0.2, 0) is 14.3 Å². The second-order valence-electron chi connectivity index (χ2n) is 5.18. The van der Waals surface area contributed by atoms with Gasteiger partial charge in [0.25, 0.3) is 0 Å². The summed E-state index contributed by atoms with van der Waals surface area (Å²) in [5.74, 6) is -0.233. The third-order valence-corrected chi connectivity index (χ3v) is 3.73. The van der Waals surface area contributed by atoms with Crippen LogP contribution in [0.3, 0.4) is 0 Å². The van der Waals surface area contributed by atoms with E-state index in [2.05, 4.69) is 17.0 Å². The quantitative estimate of drug-likeness (QED) is 0.812. The van der Waals surface area contributed by atoms with Gasteiger partial charge in [0.15, 0.2) is 0 Å². The molecule has 1 aliphatic heterocycles. The number of nitrogens with zero attached hydrogens (tertiary/aromatic N) is 1. The summed E-state index contributed by atoms with van der Waals surface area (Å²) in [6.07, 6.45) is 1.79. The number of amides is 1. The predicted molar refractivity (Wildman–Crippen MR) is 79.4 cm³/mol. The molecule has 2 unspecified atom stereocenters. The van der Waals surface area contributed by atoms with Gasteiger partial charge in [0.1, 0.15) is 6.17 Å². The van der Waals surface area contributed by atoms with Gasteiger partial charge in [-0.1, -0.05) is 43.7 Å². The predicted octanol–water partition coefficient (Wildman–Crippen LogP) is 1.85. The van der Waals surface area contributed by atoms with E-state index >= 15 is 0 Å². The van der Waals surface area contributed by atoms with Crippen LogP contribution in [0.5, 0.6) is 0 Å². The minimum absolute atomic E-state index is 0.0645. The highest BCUT2D eigenvalue weighted by Gasteiger charge is 2.38. The summed E-state index contributed by atoms with van der Waals surface area (Å²) >= 11 is 0. The fourth-order valence-corrected chi connectivity index (χ4v) is 2.64. The fourth-order valence-electron chi connectivity index (χ4n) is 2.64. The highest BCUT2D eigenvalue weighted by Crippen LogP contribution is 2.27. The van der Waals surface area contributed by atoms with Crippen LogP contribution in [0.2, 0.25) is 0 Å². The minimum Gasteiger partial charge on any atom is -0.469 e. The van der Waals surface area contributed by atoms with Crippen molar-refractivity contribution >= 4 is 11.9 Å². The second kappa shape index (κ2) is 7.22. The summed E-state index contributed by atoms with van der Waals surface area (Å²) in [7, 11) is 1.36. The Kier molecular flexibility index (Phi) is 5.33. The minimum atomic E-state index is -0.298. The number of hydrogen-bond acceptors (Lipinski definition) is 4. The Morgan fingerprint density at radius 2 is 2.05 bits per heavy atom. The van der Waals surface area contributed by atoms with Crippen LogP contribution in [0.25, 0.3) is 0 Å². The number of benzene rings is 1. The number of nitrogens with one attached hydrogen (secondary N) is 1. The molecule has 0 aromatic heterocycles. The van der Waals surface area contributed by atoms with Crippen LogP contribution in [0.1, 0.15) is 37.9 Å². The lowest BCUT2D eigenvalue weighted by Crippen LogP contribution is -2.33. The van der Waals surface area contributed by atoms with Crippen LogP contribution < -0.4 is 5.32 Å². The van der Waals surface area contributed by atoms with Crippen molar-refractivity contribution in [2.24, 2.45) is 0 Å². The Labute approximate surface area is 125 Å². The van der Waals surface area contributed by atoms with Gasteiger partial charge in [-0.05, 0) is 12.0 Å². The number of esters is 1. The van der Waals surface area contributed by atoms with Crippen molar-refractivity contribution in [1.82, 2.24) is 10.2 Å². The lowest BCUT2D eigenvalue weighted by atomic mass is 10.1. The maximum atomic E-state index is 12.5. The second-order valence-corrected chi connectivity index (χ2v) is 5.18. The fraction of sp³-hybridized carbons (Fsp3) is 0.500. The molecule has 21 heavy (non-hydrogen) atoms. The Hall–Kier alpha value is -1.88. The Balaban J connectivity index is 2.15. The van der Waals surface area contributed by atoms with Gasteiger partial charge in [0.05, 0.1) is 19.6 Å². The largest absolute Gasteiger partial charge is 0.469 e. The highest BCUT2D eigenvalue weighted by molar-refractivity contribution is 5.85. The van der Waals surface area contributed by atoms with Gasteiger partial charge in [-0.25, -0.2) is 0 Å². The zero-order chi connectivity index (χ0) is 15.2. The van der Waals surface area contributed by atoms with E-state index in [9.17, 15) is 9.59 Å². The van der Waals surface area contributed by atoms with Crippen LogP contribution >= 0.6 is 0 Å². The maximum absolute atomic E-state index is 12.5. The molecule has 1 aliphatic rings. The number of methoxy groups -OCH3 is 1. The van der Waals surface area contributed by atoms with Gasteiger partial charge in [0.2, 0.25) is 5.91 Å². The summed E-state index contributed by atoms with van der Waals surface area (Å²) in [4.78, 5) is 25.6. The number of hydrogen-bond donors (Lipinski definition) is 1. The molecule has 1 heterocycles. The average Bonchev–Trinajstić information content (AvgIpc) is 2.83. The average molecular weight is 290 g/mol. The first-order valence-electron chi connectivity index (χ1n) is 7.35. The van der Waals surface area contributed by atoms with Gasteiger partial charge in [-0.3, -0.25) is 14.9 Å². The summed E-state index contributed by atoms with van der Waals surface area (Å²) in [6.45, 7) is 2.43. The Bertz CT molecular complexity index is 490. The molecule has 5 nitrogen and oxygen atoms in total. The molecule has 0 radical (unpaired) electrons. The molecule has 1 saturated heterocycles. The number of rotatable bonds is 6. The first-order valence-corrected chi connectivity index (χ1v) is 7.35. The Morgan fingerprint density at radius 1 is 1.33 bits per heavy atom. The van der Waals surface area contributed by atoms with Crippen LogP contribution in [0, 0.1) is 0 Å². The molecule has 0 aliphatic carbocycles. The van der Waals surface area contributed by atoms with Crippen molar-refractivity contribution in [2.45, 2.75) is 38.4 Å². The molecular weight excluding hydrogens is 268 g/mol. The first-order chi connectivity index (χ1) is 10.2. The lowest BCUT2D eigenvalue weighted by Gasteiger charge is -2.24. The lowest BCUT2D eigenvalue weighted by molar-refractivity contribution is -0.141. The SMILES string of the molecule is CCCC1NC(c2ccccc2)N(CCC(=O)OC)C1=O. The Morgan fingerprint density at radius 3 is 2.67 bits per heavy atom. The van der Waals surface area contributed by atoms with Gasteiger partial charge >= 0.3 is 5.97 Å². The smallest absolute Gasteiger partial charge is 0.307 e. The summed E-state index contributed by atoms with van der Waals surface area (Å²) in [5.41, 5.74) is 1.04. The molecule has 2 atom stereocenters. The number of carbonyl (C=O) groups excluding carboxylic acids is 2. The van der Waals surface area contributed by atoms with E-state index in [0.29, 0.717) is 6.54 Å². The number of ether oxygens (including phenoxy) is 1. The van der Waals surface area contributed by atoms with Crippen LogP contribution in [0.15, 0.2) is 30.3 Å². The van der Waals surface area contributed by atoms with Gasteiger partial charge < -0.3 is 9.64 Å². The van der Waals surface area contributed by atoms with Gasteiger partial charge in [-0.15, -0.1) is 0 Å². The van der Waals surface area contributed by atoms with E-state index in [1.807, 2.05) is 30.3 Å². The van der Waals surface area contributed by atoms with E-state index in [-0.39, 0.29) is 30.5 Å². The monoisotopic (exact) mass is 290 g/mol. The summed E-state index contributed by atoms with van der Waals surface area (Å²) in [5, 5.41) is 3.37. The standard InChI is InChI=1S/C16H22N2O3/c1-3-7-13-16(20)18(11-10-14(19)21-2)15(17-13)12-8-5-4-6-9-12/h4-6,8-9,13,15,17H,3,7,10-11H2,1-2H3. The van der Waals surface area contributed by atoms with E-state index in [4.69, 9.17) is 0 Å². The van der Waals surface area contributed by atoms with Crippen molar-refractivity contribution in [3.05, 3.63) is 35.9 Å². The van der Waals surface area contributed by atoms with E-state index in [0.717, 1.165) is 18.4 Å². The molecule has 0 bridgehead atoms. The third-order valence-electron chi connectivity index (χ3n) is 3.73. The molecule has 1 N–H and O–H groups in total. The van der Waals surface area contributed by atoms with Gasteiger partial charge in [-0.2, -0.15) is 0 Å². The molecule has 1 aromatic rings. The molecule has 1 fully saturated rings. The van der Waals surface area contributed by atoms with Crippen LogP contribution in [0.4, 0.5) is 0 Å². The number of carbonyl (C=O) groups is 2. The van der Waals surface area contributed by atoms with E-state index in [1.165, 1.54) is 7.11 Å². The topological polar surface area (TPSA) is 58.6 Å². The molecule has 0 saturated carbocycles. The molecule has 114 valence electrons. The van der Waals surface area contributed by atoms with Crippen LogP contribution in [-0.4, -0.2) is 36.5 Å². The van der Waals surface area contributed by atoms with Gasteiger partial charge in [0, 0.05) is 6.54 Å². The molecular formula is C16H22N2O3. The molecule has 1 aromatic carbocycles. The summed E-state index contributed by atoms with van der Waals surface area (Å²) < 4.78 is 4.66. The van der Waals surface area contributed by atoms with E-state index in [1.54, 1.807) is 4.90 Å². The van der Waals surface area contributed by atoms with Crippen molar-refractivity contribution in [2.75, 3.05) is 13.7 Å². The molecule has 1 amide bonds. The van der Waals surface area contributed by atoms with Crippen molar-refractivity contribution < 1.29 is 14.3 Å². The molecule has 5 heteroatoms. The maximum Gasteiger partial charge on any atom is 0.307 e. The van der Waals surface area contributed by atoms with E-state index < -0.39 is 0 Å². The highest BCUT2D eigenvalue weighted by atomic mass is 16.5. The normalized spacial score (nSPS) is 21.6. The van der Waals surface area contributed by atoms with Crippen molar-refractivity contribution in [3.8, 4) is 0 Å². The molecule has 2 rings (SSSR count). The zero-order valence-electron chi connectivity index (χ0n) is 12.5. The first kappa shape index (κ1) is 15.5.